The van der Waals surface area contributed by atoms with E-state index in [1.54, 1.807) is 6.08 Å². The summed E-state index contributed by atoms with van der Waals surface area (Å²) < 4.78 is 26.8. The second-order valence-electron chi connectivity index (χ2n) is 6.35. The molecule has 1 aliphatic rings. The van der Waals surface area contributed by atoms with Crippen molar-refractivity contribution >= 4 is 22.0 Å². The van der Waals surface area contributed by atoms with Crippen LogP contribution >= 0.6 is 0 Å². The van der Waals surface area contributed by atoms with Crippen molar-refractivity contribution in [3.63, 3.8) is 0 Å². The highest BCUT2D eigenvalue weighted by molar-refractivity contribution is 7.92. The van der Waals surface area contributed by atoms with E-state index < -0.39 is 10.0 Å². The van der Waals surface area contributed by atoms with E-state index in [1.165, 1.54) is 4.31 Å². The summed E-state index contributed by atoms with van der Waals surface area (Å²) in [6.45, 7) is -0.0345. The van der Waals surface area contributed by atoms with Crippen molar-refractivity contribution in [2.45, 2.75) is 25.4 Å². The Balaban J connectivity index is 1.77. The summed E-state index contributed by atoms with van der Waals surface area (Å²) in [5.41, 5.74) is 1.63. The molecule has 5 nitrogen and oxygen atoms in total. The predicted octanol–water partition coefficient (Wildman–Crippen LogP) is 2.77. The molecule has 0 atom stereocenters. The number of benzene rings is 2. The monoisotopic (exact) mass is 370 g/mol. The molecule has 6 heteroatoms. The molecule has 0 unspecified atom stereocenters. The molecule has 0 heterocycles. The van der Waals surface area contributed by atoms with Gasteiger partial charge in [0.2, 0.25) is 15.9 Å². The fraction of sp³-hybridized carbons (Fsp3) is 0.250. The van der Waals surface area contributed by atoms with Crippen LogP contribution in [0.1, 0.15) is 24.0 Å². The Bertz CT molecular complexity index is 860. The third-order valence-corrected chi connectivity index (χ3v) is 5.51. The fourth-order valence-corrected chi connectivity index (χ4v) is 3.63. The van der Waals surface area contributed by atoms with Crippen LogP contribution in [-0.2, 0) is 21.4 Å². The van der Waals surface area contributed by atoms with Gasteiger partial charge in [-0.15, -0.1) is 0 Å². The number of sulfonamides is 1. The van der Waals surface area contributed by atoms with Crippen LogP contribution in [0.15, 0.2) is 66.1 Å². The van der Waals surface area contributed by atoms with Crippen molar-refractivity contribution in [3.8, 4) is 0 Å². The topological polar surface area (TPSA) is 66.5 Å². The highest BCUT2D eigenvalue weighted by atomic mass is 32.2. The Morgan fingerprint density at radius 2 is 1.65 bits per heavy atom. The Morgan fingerprint density at radius 1 is 1.04 bits per heavy atom. The molecule has 1 N–H and O–H groups in total. The van der Waals surface area contributed by atoms with Gasteiger partial charge in [0.15, 0.2) is 0 Å². The van der Waals surface area contributed by atoms with Crippen LogP contribution in [0, 0.1) is 0 Å². The SMILES string of the molecule is O=C(CN(Cc1ccccc1)S(=O)(=O)/C=C/c1ccccc1)NC1CC1. The van der Waals surface area contributed by atoms with Gasteiger partial charge in [-0.3, -0.25) is 4.79 Å². The Labute approximate surface area is 154 Å². The number of carbonyl (C=O) groups is 1. The molecule has 1 aliphatic carbocycles. The first-order valence-electron chi connectivity index (χ1n) is 8.59. The van der Waals surface area contributed by atoms with Crippen molar-refractivity contribution in [3.05, 3.63) is 77.2 Å². The summed E-state index contributed by atoms with van der Waals surface area (Å²) in [7, 11) is -3.74. The van der Waals surface area contributed by atoms with E-state index in [4.69, 9.17) is 0 Å². The normalized spacial score (nSPS) is 14.7. The van der Waals surface area contributed by atoms with Crippen LogP contribution in [0.4, 0.5) is 0 Å². The van der Waals surface area contributed by atoms with Gasteiger partial charge in [0.05, 0.1) is 6.54 Å². The third-order valence-electron chi connectivity index (χ3n) is 4.06. The van der Waals surface area contributed by atoms with Crippen molar-refractivity contribution in [2.24, 2.45) is 0 Å². The summed E-state index contributed by atoms with van der Waals surface area (Å²) in [4.78, 5) is 12.2. The second kappa shape index (κ2) is 8.29. The Hall–Kier alpha value is -2.44. The van der Waals surface area contributed by atoms with Gasteiger partial charge < -0.3 is 5.32 Å². The molecule has 136 valence electrons. The first-order chi connectivity index (χ1) is 12.5. The first kappa shape index (κ1) is 18.4. The number of carbonyl (C=O) groups excluding carboxylic acids is 1. The molecule has 3 rings (SSSR count). The molecule has 0 spiro atoms. The van der Waals surface area contributed by atoms with Crippen LogP contribution in [0.5, 0.6) is 0 Å². The average Bonchev–Trinajstić information content (AvgIpc) is 3.45. The van der Waals surface area contributed by atoms with Gasteiger partial charge in [0.1, 0.15) is 0 Å². The van der Waals surface area contributed by atoms with Crippen molar-refractivity contribution in [1.82, 2.24) is 9.62 Å². The number of rotatable bonds is 8. The maximum Gasteiger partial charge on any atom is 0.237 e. The van der Waals surface area contributed by atoms with Crippen molar-refractivity contribution in [1.29, 1.82) is 0 Å². The molecule has 1 saturated carbocycles. The number of nitrogens with one attached hydrogen (secondary N) is 1. The number of amides is 1. The molecule has 0 aromatic heterocycles. The van der Waals surface area contributed by atoms with E-state index >= 15 is 0 Å². The zero-order chi connectivity index (χ0) is 18.4. The van der Waals surface area contributed by atoms with Gasteiger partial charge in [0.25, 0.3) is 0 Å². The molecule has 26 heavy (non-hydrogen) atoms. The molecule has 0 saturated heterocycles. The zero-order valence-corrected chi connectivity index (χ0v) is 15.2. The average molecular weight is 370 g/mol. The van der Waals surface area contributed by atoms with Gasteiger partial charge >= 0.3 is 0 Å². The lowest BCUT2D eigenvalue weighted by atomic mass is 10.2. The van der Waals surface area contributed by atoms with Gasteiger partial charge in [0, 0.05) is 18.0 Å². The molecule has 0 aliphatic heterocycles. The molecule has 0 radical (unpaired) electrons. The van der Waals surface area contributed by atoms with E-state index in [2.05, 4.69) is 5.32 Å². The van der Waals surface area contributed by atoms with Crippen LogP contribution in [0.2, 0.25) is 0 Å². The fourth-order valence-electron chi connectivity index (χ4n) is 2.50. The van der Waals surface area contributed by atoms with E-state index in [-0.39, 0.29) is 25.0 Å². The van der Waals surface area contributed by atoms with Gasteiger partial charge in [-0.05, 0) is 30.0 Å². The van der Waals surface area contributed by atoms with Crippen LogP contribution in [-0.4, -0.2) is 31.2 Å². The van der Waals surface area contributed by atoms with Crippen molar-refractivity contribution < 1.29 is 13.2 Å². The minimum absolute atomic E-state index is 0.153. The summed E-state index contributed by atoms with van der Waals surface area (Å²) in [5, 5.41) is 4.01. The maximum atomic E-state index is 12.8. The lowest BCUT2D eigenvalue weighted by molar-refractivity contribution is -0.121. The molecule has 1 amide bonds. The highest BCUT2D eigenvalue weighted by Crippen LogP contribution is 2.19. The largest absolute Gasteiger partial charge is 0.352 e. The lowest BCUT2D eigenvalue weighted by Gasteiger charge is -2.20. The summed E-state index contributed by atoms with van der Waals surface area (Å²) in [6, 6.07) is 18.7. The lowest BCUT2D eigenvalue weighted by Crippen LogP contribution is -2.40. The number of hydrogen-bond donors (Lipinski definition) is 1. The van der Waals surface area contributed by atoms with Crippen LogP contribution in [0.3, 0.4) is 0 Å². The first-order valence-corrected chi connectivity index (χ1v) is 10.1. The Morgan fingerprint density at radius 3 is 2.27 bits per heavy atom. The van der Waals surface area contributed by atoms with E-state index in [1.807, 2.05) is 60.7 Å². The summed E-state index contributed by atoms with van der Waals surface area (Å²) >= 11 is 0. The van der Waals surface area contributed by atoms with E-state index in [9.17, 15) is 13.2 Å². The van der Waals surface area contributed by atoms with Crippen LogP contribution < -0.4 is 5.32 Å². The number of hydrogen-bond acceptors (Lipinski definition) is 3. The predicted molar refractivity (Wildman–Crippen MR) is 102 cm³/mol. The molecule has 0 bridgehead atoms. The highest BCUT2D eigenvalue weighted by Gasteiger charge is 2.27. The Kier molecular flexibility index (Phi) is 5.85. The molecule has 2 aromatic carbocycles. The molecular weight excluding hydrogens is 348 g/mol. The zero-order valence-electron chi connectivity index (χ0n) is 14.4. The molecule has 2 aromatic rings. The third kappa shape index (κ3) is 5.54. The maximum absolute atomic E-state index is 12.8. The second-order valence-corrected chi connectivity index (χ2v) is 8.17. The quantitative estimate of drug-likeness (QED) is 0.777. The minimum Gasteiger partial charge on any atom is -0.352 e. The minimum atomic E-state index is -3.74. The van der Waals surface area contributed by atoms with Crippen LogP contribution in [0.25, 0.3) is 6.08 Å². The van der Waals surface area contributed by atoms with E-state index in [0.29, 0.717) is 0 Å². The van der Waals surface area contributed by atoms with E-state index in [0.717, 1.165) is 29.4 Å². The summed E-state index contributed by atoms with van der Waals surface area (Å²) in [5.74, 6) is -0.264. The van der Waals surface area contributed by atoms with Crippen molar-refractivity contribution in [2.75, 3.05) is 6.54 Å². The molecule has 1 fully saturated rings. The van der Waals surface area contributed by atoms with Gasteiger partial charge in [-0.25, -0.2) is 8.42 Å². The standard InChI is InChI=1S/C20H22N2O3S/c23-20(21-19-11-12-19)16-22(15-18-9-5-2-6-10-18)26(24,25)14-13-17-7-3-1-4-8-17/h1-10,13-14,19H,11-12,15-16H2,(H,21,23)/b14-13+. The molecular formula is C20H22N2O3S. The van der Waals surface area contributed by atoms with Gasteiger partial charge in [-0.2, -0.15) is 4.31 Å². The number of nitrogens with zero attached hydrogens (tertiary/aromatic N) is 1. The smallest absolute Gasteiger partial charge is 0.237 e. The summed E-state index contributed by atoms with van der Waals surface area (Å²) in [6.07, 6.45) is 3.47. The van der Waals surface area contributed by atoms with Gasteiger partial charge in [-0.1, -0.05) is 60.7 Å².